The van der Waals surface area contributed by atoms with Crippen LogP contribution in [0.1, 0.15) is 194 Å². The number of unbranched alkanes of at least 4 members (excludes halogenated alkanes) is 22. The Balaban J connectivity index is 2.41. The molecule has 2 N–H and O–H groups in total. The number of nitrogens with zero attached hydrogens (tertiary/aromatic N) is 1. The number of hydrogen-bond donors (Lipinski definition) is 1. The second kappa shape index (κ2) is 35.1. The lowest BCUT2D eigenvalue weighted by molar-refractivity contribution is -0.139. The van der Waals surface area contributed by atoms with E-state index < -0.39 is 18.1 Å². The quantitative estimate of drug-likeness (QED) is 0.0512. The van der Waals surface area contributed by atoms with E-state index in [0.717, 1.165) is 64.2 Å². The Hall–Kier alpha value is -1.99. The molecule has 0 aliphatic carbocycles. The molecule has 1 heterocycles. The number of hydrogen-bond acceptors (Lipinski definition) is 6. The maximum atomic E-state index is 13.6. The van der Waals surface area contributed by atoms with Crippen LogP contribution in [-0.2, 0) is 19.1 Å². The predicted molar refractivity (Wildman–Crippen MR) is 214 cm³/mol. The summed E-state index contributed by atoms with van der Waals surface area (Å²) < 4.78 is 10.9. The van der Waals surface area contributed by atoms with Crippen molar-refractivity contribution in [2.75, 3.05) is 32.8 Å². The highest BCUT2D eigenvalue weighted by Crippen LogP contribution is 2.21. The predicted octanol–water partition coefficient (Wildman–Crippen LogP) is 11.6. The summed E-state index contributed by atoms with van der Waals surface area (Å²) in [6, 6.07) is 0. The van der Waals surface area contributed by atoms with Crippen molar-refractivity contribution in [2.45, 2.75) is 200 Å². The van der Waals surface area contributed by atoms with Crippen molar-refractivity contribution in [3.8, 4) is 0 Å². The van der Waals surface area contributed by atoms with Crippen LogP contribution in [0.15, 0.2) is 24.3 Å². The maximum Gasteiger partial charge on any atom is 0.405 e. The number of ketones is 2. The number of carbonyl (C=O) groups excluding carboxylic acids is 3. The third kappa shape index (κ3) is 28.2. The molecule has 0 bridgehead atoms. The van der Waals surface area contributed by atoms with Crippen LogP contribution in [0.25, 0.3) is 0 Å². The standard InChI is InChI=1S/C44H80N2O5/c1-3-5-7-9-11-13-15-17-19-21-23-25-27-29-31-33-41(47)40(39-46-35-37-50-38-36-46)43(51-44(45)49)42(48)34-32-30-28-26-24-22-20-18-16-14-12-10-8-6-4-2/h17-20,40,43H,3-16,21-39H2,1-2H3,(H2,45,49)/b19-17-,20-18-. The minimum absolute atomic E-state index is 0.00303. The van der Waals surface area contributed by atoms with Crippen LogP contribution in [0, 0.1) is 5.92 Å². The molecule has 7 heteroatoms. The summed E-state index contributed by atoms with van der Waals surface area (Å²) in [6.07, 6.45) is 38.9. The zero-order chi connectivity index (χ0) is 37.0. The number of carbonyl (C=O) groups is 3. The van der Waals surface area contributed by atoms with Gasteiger partial charge < -0.3 is 15.2 Å². The van der Waals surface area contributed by atoms with Crippen molar-refractivity contribution in [3.05, 3.63) is 24.3 Å². The van der Waals surface area contributed by atoms with Crippen molar-refractivity contribution in [1.82, 2.24) is 4.90 Å². The van der Waals surface area contributed by atoms with E-state index in [1.165, 1.54) is 103 Å². The number of Topliss-reactive ketones (excluding diaryl/α,β-unsaturated/α-hetero) is 2. The Morgan fingerprint density at radius 1 is 0.569 bits per heavy atom. The van der Waals surface area contributed by atoms with E-state index >= 15 is 0 Å². The van der Waals surface area contributed by atoms with Crippen LogP contribution >= 0.6 is 0 Å². The van der Waals surface area contributed by atoms with Gasteiger partial charge in [0.15, 0.2) is 11.9 Å². The van der Waals surface area contributed by atoms with Gasteiger partial charge in [-0.2, -0.15) is 0 Å². The second-order valence-electron chi connectivity index (χ2n) is 15.0. The topological polar surface area (TPSA) is 98.9 Å². The fourth-order valence-corrected chi connectivity index (χ4v) is 6.99. The van der Waals surface area contributed by atoms with E-state index in [9.17, 15) is 14.4 Å². The van der Waals surface area contributed by atoms with Gasteiger partial charge in [0.2, 0.25) is 0 Å². The molecule has 7 nitrogen and oxygen atoms in total. The minimum atomic E-state index is -1.11. The number of ether oxygens (including phenoxy) is 2. The molecular formula is C44H80N2O5. The van der Waals surface area contributed by atoms with Crippen LogP contribution in [0.5, 0.6) is 0 Å². The summed E-state index contributed by atoms with van der Waals surface area (Å²) in [5.41, 5.74) is 5.46. The summed E-state index contributed by atoms with van der Waals surface area (Å²) in [4.78, 5) is 41.2. The Kier molecular flexibility index (Phi) is 32.3. The molecule has 296 valence electrons. The van der Waals surface area contributed by atoms with Gasteiger partial charge in [0.05, 0.1) is 19.1 Å². The Morgan fingerprint density at radius 2 is 0.941 bits per heavy atom. The van der Waals surface area contributed by atoms with Crippen molar-refractivity contribution in [2.24, 2.45) is 11.7 Å². The fourth-order valence-electron chi connectivity index (χ4n) is 6.99. The third-order valence-electron chi connectivity index (χ3n) is 10.3. The summed E-state index contributed by atoms with van der Waals surface area (Å²) in [6.45, 7) is 7.50. The summed E-state index contributed by atoms with van der Waals surface area (Å²) >= 11 is 0. The van der Waals surface area contributed by atoms with Crippen LogP contribution in [-0.4, -0.2) is 61.5 Å². The Bertz CT molecular complexity index is 898. The van der Waals surface area contributed by atoms with Gasteiger partial charge in [0.1, 0.15) is 5.78 Å². The molecule has 1 aliphatic heterocycles. The second-order valence-corrected chi connectivity index (χ2v) is 15.0. The Labute approximate surface area is 314 Å². The molecule has 1 fully saturated rings. The minimum Gasteiger partial charge on any atom is -0.438 e. The summed E-state index contributed by atoms with van der Waals surface area (Å²) in [5, 5.41) is 0. The first kappa shape index (κ1) is 47.0. The lowest BCUT2D eigenvalue weighted by Crippen LogP contribution is -2.48. The van der Waals surface area contributed by atoms with E-state index in [4.69, 9.17) is 15.2 Å². The summed E-state index contributed by atoms with van der Waals surface area (Å²) in [5.74, 6) is -0.867. The molecular weight excluding hydrogens is 636 g/mol. The van der Waals surface area contributed by atoms with Crippen molar-refractivity contribution in [3.63, 3.8) is 0 Å². The van der Waals surface area contributed by atoms with Gasteiger partial charge in [-0.1, -0.05) is 141 Å². The molecule has 0 aromatic carbocycles. The van der Waals surface area contributed by atoms with Crippen molar-refractivity contribution < 1.29 is 23.9 Å². The van der Waals surface area contributed by atoms with Crippen LogP contribution < -0.4 is 5.73 Å². The molecule has 0 radical (unpaired) electrons. The number of morpholine rings is 1. The number of allylic oxidation sites excluding steroid dienone is 4. The zero-order valence-electron chi connectivity index (χ0n) is 33.4. The molecule has 2 unspecified atom stereocenters. The SMILES string of the molecule is CCCCCCCC/C=C\CCCCCCCC(=O)C(CN1CCOCC1)C(OC(N)=O)C(=O)CCCCCCC/C=C\CCCCCCCC. The van der Waals surface area contributed by atoms with Crippen LogP contribution in [0.2, 0.25) is 0 Å². The molecule has 0 saturated carbocycles. The first-order valence-electron chi connectivity index (χ1n) is 21.6. The molecule has 1 saturated heterocycles. The van der Waals surface area contributed by atoms with Crippen LogP contribution in [0.3, 0.4) is 0 Å². The van der Waals surface area contributed by atoms with E-state index in [2.05, 4.69) is 43.1 Å². The molecule has 1 rings (SSSR count). The van der Waals surface area contributed by atoms with E-state index in [0.29, 0.717) is 45.7 Å². The van der Waals surface area contributed by atoms with Gasteiger partial charge in [0.25, 0.3) is 0 Å². The molecule has 1 aliphatic rings. The van der Waals surface area contributed by atoms with E-state index in [1.54, 1.807) is 0 Å². The number of nitrogens with two attached hydrogens (primary N) is 1. The molecule has 0 spiro atoms. The summed E-state index contributed by atoms with van der Waals surface area (Å²) in [7, 11) is 0. The van der Waals surface area contributed by atoms with Gasteiger partial charge in [-0.05, 0) is 64.2 Å². The Morgan fingerprint density at radius 3 is 1.35 bits per heavy atom. The lowest BCUT2D eigenvalue weighted by atomic mass is 9.88. The van der Waals surface area contributed by atoms with Gasteiger partial charge in [-0.25, -0.2) is 4.79 Å². The number of primary amides is 1. The number of rotatable bonds is 36. The van der Waals surface area contributed by atoms with E-state index in [-0.39, 0.29) is 11.6 Å². The molecule has 1 amide bonds. The lowest BCUT2D eigenvalue weighted by Gasteiger charge is -2.32. The maximum absolute atomic E-state index is 13.6. The average molecular weight is 717 g/mol. The third-order valence-corrected chi connectivity index (χ3v) is 10.3. The zero-order valence-corrected chi connectivity index (χ0v) is 33.4. The molecule has 2 atom stereocenters. The molecule has 51 heavy (non-hydrogen) atoms. The first-order valence-corrected chi connectivity index (χ1v) is 21.6. The van der Waals surface area contributed by atoms with Crippen LogP contribution in [0.4, 0.5) is 4.79 Å². The van der Waals surface area contributed by atoms with Gasteiger partial charge in [-0.3, -0.25) is 14.5 Å². The molecule has 0 aromatic rings. The monoisotopic (exact) mass is 717 g/mol. The van der Waals surface area contributed by atoms with Gasteiger partial charge in [-0.15, -0.1) is 0 Å². The number of amides is 1. The molecule has 0 aromatic heterocycles. The van der Waals surface area contributed by atoms with Gasteiger partial charge in [0, 0.05) is 32.5 Å². The normalized spacial score (nSPS) is 15.1. The van der Waals surface area contributed by atoms with Crippen molar-refractivity contribution >= 4 is 17.7 Å². The van der Waals surface area contributed by atoms with Crippen molar-refractivity contribution in [1.29, 1.82) is 0 Å². The highest BCUT2D eigenvalue weighted by Gasteiger charge is 2.37. The fraction of sp³-hybridized carbons (Fsp3) is 0.841. The largest absolute Gasteiger partial charge is 0.438 e. The average Bonchev–Trinajstić information content (AvgIpc) is 3.13. The first-order chi connectivity index (χ1) is 25.0. The highest BCUT2D eigenvalue weighted by molar-refractivity contribution is 5.92. The van der Waals surface area contributed by atoms with Gasteiger partial charge >= 0.3 is 6.09 Å². The highest BCUT2D eigenvalue weighted by atomic mass is 16.6. The smallest absolute Gasteiger partial charge is 0.405 e. The van der Waals surface area contributed by atoms with E-state index in [1.807, 2.05) is 0 Å².